The molecule has 0 heterocycles. The van der Waals surface area contributed by atoms with Crippen LogP contribution in [0.3, 0.4) is 0 Å². The molecule has 0 aliphatic heterocycles. The van der Waals surface area contributed by atoms with Crippen LogP contribution in [0.2, 0.25) is 0 Å². The van der Waals surface area contributed by atoms with Crippen LogP contribution >= 0.6 is 22.6 Å². The first kappa shape index (κ1) is 24.3. The maximum Gasteiger partial charge on any atom is 0.269 e. The number of non-ortho nitro benzene ring substituents is 1. The Hall–Kier alpha value is -3.32. The number of nitrogens with one attached hydrogen (secondary N) is 1. The molecule has 0 aliphatic carbocycles. The van der Waals surface area contributed by atoms with Gasteiger partial charge in [0.2, 0.25) is 0 Å². The summed E-state index contributed by atoms with van der Waals surface area (Å²) in [5, 5.41) is 15.0. The van der Waals surface area contributed by atoms with E-state index in [1.165, 1.54) is 36.4 Å². The standard InChI is InChI=1S/C22H19IN4O5S/c1-16(17-7-9-18(23)10-8-17)24-25-22(28)15-26(19-11-13-20(14-12-19)27(29)30)33(31,32)21-5-3-2-4-6-21/h2-14H,15H2,1H3,(H,25,28)/b24-16-. The first-order valence-electron chi connectivity index (χ1n) is 9.60. The fourth-order valence-corrected chi connectivity index (χ4v) is 4.64. The number of halogens is 1. The Bertz CT molecular complexity index is 1280. The Balaban J connectivity index is 1.87. The monoisotopic (exact) mass is 578 g/mol. The number of nitrogens with zero attached hydrogens (tertiary/aromatic N) is 3. The van der Waals surface area contributed by atoms with Gasteiger partial charge in [0.15, 0.2) is 0 Å². The Morgan fingerprint density at radius 3 is 2.21 bits per heavy atom. The molecule has 1 N–H and O–H groups in total. The Morgan fingerprint density at radius 1 is 1.03 bits per heavy atom. The van der Waals surface area contributed by atoms with Gasteiger partial charge < -0.3 is 0 Å². The fraction of sp³-hybridized carbons (Fsp3) is 0.0909. The zero-order valence-electron chi connectivity index (χ0n) is 17.4. The van der Waals surface area contributed by atoms with Crippen molar-refractivity contribution in [3.05, 3.63) is 98.1 Å². The number of anilines is 1. The summed E-state index contributed by atoms with van der Waals surface area (Å²) in [7, 11) is -4.12. The topological polar surface area (TPSA) is 122 Å². The summed E-state index contributed by atoms with van der Waals surface area (Å²) in [5.41, 5.74) is 3.65. The van der Waals surface area contributed by atoms with Crippen LogP contribution in [0.15, 0.2) is 88.9 Å². The molecule has 0 bridgehead atoms. The zero-order chi connectivity index (χ0) is 24.0. The first-order chi connectivity index (χ1) is 15.7. The Morgan fingerprint density at radius 2 is 1.64 bits per heavy atom. The van der Waals surface area contributed by atoms with Crippen molar-refractivity contribution in [1.82, 2.24) is 5.43 Å². The molecule has 3 aromatic rings. The minimum atomic E-state index is -4.12. The summed E-state index contributed by atoms with van der Waals surface area (Å²) in [5.74, 6) is -0.669. The number of amides is 1. The molecule has 0 unspecified atom stereocenters. The predicted molar refractivity (Wildman–Crippen MR) is 134 cm³/mol. The quantitative estimate of drug-likeness (QED) is 0.188. The number of carbonyl (C=O) groups is 1. The fourth-order valence-electron chi connectivity index (χ4n) is 2.84. The van der Waals surface area contributed by atoms with Crippen molar-refractivity contribution >= 4 is 55.6 Å². The maximum atomic E-state index is 13.3. The van der Waals surface area contributed by atoms with Crippen LogP contribution in [-0.2, 0) is 14.8 Å². The van der Waals surface area contributed by atoms with Crippen molar-refractivity contribution in [3.63, 3.8) is 0 Å². The molecule has 0 atom stereocenters. The number of rotatable bonds is 8. The molecule has 0 aromatic heterocycles. The highest BCUT2D eigenvalue weighted by Crippen LogP contribution is 2.25. The van der Waals surface area contributed by atoms with Gasteiger partial charge in [0.25, 0.3) is 21.6 Å². The van der Waals surface area contributed by atoms with E-state index < -0.39 is 27.4 Å². The molecule has 33 heavy (non-hydrogen) atoms. The van der Waals surface area contributed by atoms with Gasteiger partial charge >= 0.3 is 0 Å². The molecule has 0 radical (unpaired) electrons. The van der Waals surface area contributed by atoms with E-state index in [0.29, 0.717) is 5.71 Å². The minimum absolute atomic E-state index is 0.0188. The largest absolute Gasteiger partial charge is 0.271 e. The van der Waals surface area contributed by atoms with Crippen LogP contribution in [0.4, 0.5) is 11.4 Å². The number of hydrazone groups is 1. The third kappa shape index (κ3) is 6.14. The van der Waals surface area contributed by atoms with Crippen LogP contribution in [0.1, 0.15) is 12.5 Å². The molecular weight excluding hydrogens is 559 g/mol. The predicted octanol–water partition coefficient (Wildman–Crippen LogP) is 3.94. The SMILES string of the molecule is C/C(=N/NC(=O)CN(c1ccc([N+](=O)[O-])cc1)S(=O)(=O)c1ccccc1)c1ccc(I)cc1. The molecule has 11 heteroatoms. The summed E-state index contributed by atoms with van der Waals surface area (Å²) < 4.78 is 28.4. The summed E-state index contributed by atoms with van der Waals surface area (Å²) in [4.78, 5) is 23.0. The highest BCUT2D eigenvalue weighted by Gasteiger charge is 2.27. The number of nitro benzene ring substituents is 1. The Kier molecular flexibility index (Phi) is 7.76. The van der Waals surface area contributed by atoms with Crippen LogP contribution < -0.4 is 9.73 Å². The lowest BCUT2D eigenvalue weighted by Gasteiger charge is -2.23. The van der Waals surface area contributed by atoms with Gasteiger partial charge in [-0.25, -0.2) is 13.8 Å². The van der Waals surface area contributed by atoms with Crippen LogP contribution in [-0.4, -0.2) is 31.5 Å². The number of benzene rings is 3. The number of sulfonamides is 1. The Labute approximate surface area is 204 Å². The van der Waals surface area contributed by atoms with Gasteiger partial charge in [-0.2, -0.15) is 5.10 Å². The highest BCUT2D eigenvalue weighted by atomic mass is 127. The van der Waals surface area contributed by atoms with E-state index in [1.54, 1.807) is 25.1 Å². The lowest BCUT2D eigenvalue weighted by molar-refractivity contribution is -0.384. The maximum absolute atomic E-state index is 13.3. The van der Waals surface area contributed by atoms with Gasteiger partial charge in [0.05, 0.1) is 21.2 Å². The first-order valence-corrected chi connectivity index (χ1v) is 12.1. The number of nitro groups is 1. The minimum Gasteiger partial charge on any atom is -0.271 e. The van der Waals surface area contributed by atoms with Crippen molar-refractivity contribution in [2.75, 3.05) is 10.8 Å². The van der Waals surface area contributed by atoms with Gasteiger partial charge in [-0.3, -0.25) is 19.2 Å². The average molecular weight is 578 g/mol. The van der Waals surface area contributed by atoms with E-state index >= 15 is 0 Å². The van der Waals surface area contributed by atoms with Crippen molar-refractivity contribution in [2.24, 2.45) is 5.10 Å². The van der Waals surface area contributed by atoms with Gasteiger partial charge in [0.1, 0.15) is 6.54 Å². The third-order valence-electron chi connectivity index (χ3n) is 4.58. The van der Waals surface area contributed by atoms with Crippen LogP contribution in [0, 0.1) is 13.7 Å². The summed E-state index contributed by atoms with van der Waals surface area (Å²) >= 11 is 2.18. The second-order valence-electron chi connectivity index (χ2n) is 6.84. The van der Waals surface area contributed by atoms with Crippen LogP contribution in [0.5, 0.6) is 0 Å². The van der Waals surface area contributed by atoms with Gasteiger partial charge in [-0.15, -0.1) is 0 Å². The average Bonchev–Trinajstić information content (AvgIpc) is 2.82. The van der Waals surface area contributed by atoms with Gasteiger partial charge in [0, 0.05) is 15.7 Å². The smallest absolute Gasteiger partial charge is 0.269 e. The van der Waals surface area contributed by atoms with E-state index in [2.05, 4.69) is 33.1 Å². The van der Waals surface area contributed by atoms with E-state index in [-0.39, 0.29) is 16.3 Å². The summed E-state index contributed by atoms with van der Waals surface area (Å²) in [6.07, 6.45) is 0. The molecule has 0 spiro atoms. The summed E-state index contributed by atoms with van der Waals surface area (Å²) in [6, 6.07) is 20.1. The molecule has 1 amide bonds. The van der Waals surface area contributed by atoms with E-state index in [9.17, 15) is 23.3 Å². The zero-order valence-corrected chi connectivity index (χ0v) is 20.4. The highest BCUT2D eigenvalue weighted by molar-refractivity contribution is 14.1. The number of hydrogen-bond donors (Lipinski definition) is 1. The lowest BCUT2D eigenvalue weighted by atomic mass is 10.1. The third-order valence-corrected chi connectivity index (χ3v) is 7.08. The molecule has 3 rings (SSSR count). The second-order valence-corrected chi connectivity index (χ2v) is 9.95. The molecule has 0 saturated carbocycles. The normalized spacial score (nSPS) is 11.6. The van der Waals surface area contributed by atoms with E-state index in [0.717, 1.165) is 13.4 Å². The van der Waals surface area contributed by atoms with Gasteiger partial charge in [-0.1, -0.05) is 30.3 Å². The van der Waals surface area contributed by atoms with Crippen molar-refractivity contribution in [2.45, 2.75) is 11.8 Å². The van der Waals surface area contributed by atoms with E-state index in [4.69, 9.17) is 0 Å². The molecular formula is C22H19IN4O5S. The summed E-state index contributed by atoms with van der Waals surface area (Å²) in [6.45, 7) is 1.15. The van der Waals surface area contributed by atoms with E-state index in [1.807, 2.05) is 24.3 Å². The molecule has 0 aliphatic rings. The van der Waals surface area contributed by atoms with Gasteiger partial charge in [-0.05, 0) is 71.5 Å². The molecule has 0 saturated heterocycles. The van der Waals surface area contributed by atoms with Crippen molar-refractivity contribution in [3.8, 4) is 0 Å². The molecule has 0 fully saturated rings. The van der Waals surface area contributed by atoms with Crippen molar-refractivity contribution < 1.29 is 18.1 Å². The second kappa shape index (κ2) is 10.5. The number of carbonyl (C=O) groups excluding carboxylic acids is 1. The van der Waals surface area contributed by atoms with Crippen LogP contribution in [0.25, 0.3) is 0 Å². The number of hydrogen-bond acceptors (Lipinski definition) is 6. The van der Waals surface area contributed by atoms with Crippen molar-refractivity contribution in [1.29, 1.82) is 0 Å². The molecule has 170 valence electrons. The lowest BCUT2D eigenvalue weighted by Crippen LogP contribution is -2.39. The molecule has 9 nitrogen and oxygen atoms in total. The molecule has 3 aromatic carbocycles.